The van der Waals surface area contributed by atoms with Crippen molar-refractivity contribution < 1.29 is 27.9 Å². The van der Waals surface area contributed by atoms with Crippen LogP contribution in [-0.4, -0.2) is 36.0 Å². The maximum absolute atomic E-state index is 13.9. The highest BCUT2D eigenvalue weighted by atomic mass is 19.1. The van der Waals surface area contributed by atoms with Crippen LogP contribution in [0.4, 0.5) is 14.5 Å². The predicted molar refractivity (Wildman–Crippen MR) is 115 cm³/mol. The van der Waals surface area contributed by atoms with Crippen molar-refractivity contribution in [2.45, 2.75) is 52.3 Å². The minimum absolute atomic E-state index is 0.0920. The molecule has 2 aromatic rings. The van der Waals surface area contributed by atoms with Crippen LogP contribution >= 0.6 is 0 Å². The first kappa shape index (κ1) is 23.4. The molecule has 0 aliphatic carbocycles. The van der Waals surface area contributed by atoms with Gasteiger partial charge >= 0.3 is 5.97 Å². The van der Waals surface area contributed by atoms with Gasteiger partial charge in [-0.15, -0.1) is 0 Å². The first-order valence-electron chi connectivity index (χ1n) is 10.5. The van der Waals surface area contributed by atoms with Crippen LogP contribution in [0.25, 0.3) is 0 Å². The van der Waals surface area contributed by atoms with Gasteiger partial charge in [-0.25, -0.2) is 13.6 Å². The Morgan fingerprint density at radius 2 is 1.66 bits per heavy atom. The van der Waals surface area contributed by atoms with Crippen molar-refractivity contribution in [3.05, 3.63) is 65.2 Å². The largest absolute Gasteiger partial charge is 0.451 e. The number of amides is 2. The lowest BCUT2D eigenvalue weighted by molar-refractivity contribution is -0.156. The Kier molecular flexibility index (Phi) is 6.91. The van der Waals surface area contributed by atoms with Gasteiger partial charge in [0, 0.05) is 11.7 Å². The average molecular weight is 444 g/mol. The number of ether oxygens (including phenoxy) is 1. The van der Waals surface area contributed by atoms with Crippen molar-refractivity contribution in [2.24, 2.45) is 5.92 Å². The number of esters is 1. The molecule has 2 amide bonds. The molecule has 3 atom stereocenters. The zero-order chi connectivity index (χ0) is 23.6. The van der Waals surface area contributed by atoms with E-state index in [-0.39, 0.29) is 11.9 Å². The summed E-state index contributed by atoms with van der Waals surface area (Å²) in [4.78, 5) is 39.9. The molecule has 2 aromatic carbocycles. The van der Waals surface area contributed by atoms with E-state index in [1.54, 1.807) is 18.7 Å². The fourth-order valence-corrected chi connectivity index (χ4v) is 3.82. The summed E-state index contributed by atoms with van der Waals surface area (Å²) in [7, 11) is 0. The van der Waals surface area contributed by atoms with E-state index in [1.165, 1.54) is 6.92 Å². The highest BCUT2D eigenvalue weighted by Crippen LogP contribution is 2.32. The van der Waals surface area contributed by atoms with Gasteiger partial charge in [0.15, 0.2) is 6.10 Å². The smallest absolute Gasteiger partial charge is 0.329 e. The van der Waals surface area contributed by atoms with E-state index in [9.17, 15) is 23.2 Å². The molecule has 3 rings (SSSR count). The maximum atomic E-state index is 13.9. The standard InChI is InChI=1S/C24H26F2N2O4/c1-13(2)21(27-22(29)20-17(25)9-7-10-18(20)26)24(31)32-15(4)23(30)28-14(3)12-16-8-5-6-11-19(16)28/h5-11,13-15,21H,12H2,1-4H3,(H,27,29)/t14?,15?,21-/m1/s1. The van der Waals surface area contributed by atoms with E-state index in [0.717, 1.165) is 29.4 Å². The normalized spacial score (nSPS) is 17.0. The molecule has 32 heavy (non-hydrogen) atoms. The number of hydrogen-bond donors (Lipinski definition) is 1. The van der Waals surface area contributed by atoms with E-state index in [1.807, 2.05) is 31.2 Å². The number of carbonyl (C=O) groups is 3. The van der Waals surface area contributed by atoms with Gasteiger partial charge in [-0.3, -0.25) is 9.59 Å². The van der Waals surface area contributed by atoms with E-state index < -0.39 is 47.1 Å². The highest BCUT2D eigenvalue weighted by Gasteiger charge is 2.36. The van der Waals surface area contributed by atoms with Gasteiger partial charge in [0.1, 0.15) is 23.2 Å². The van der Waals surface area contributed by atoms with Gasteiger partial charge in [0.05, 0.1) is 0 Å². The molecule has 170 valence electrons. The second kappa shape index (κ2) is 9.46. The van der Waals surface area contributed by atoms with Crippen LogP contribution in [0.2, 0.25) is 0 Å². The third-order valence-corrected chi connectivity index (χ3v) is 5.48. The van der Waals surface area contributed by atoms with Crippen molar-refractivity contribution in [3.8, 4) is 0 Å². The Balaban J connectivity index is 1.72. The lowest BCUT2D eigenvalue weighted by Crippen LogP contribution is -2.49. The number of halogens is 2. The van der Waals surface area contributed by atoms with Crippen molar-refractivity contribution in [2.75, 3.05) is 4.90 Å². The maximum Gasteiger partial charge on any atom is 0.329 e. The summed E-state index contributed by atoms with van der Waals surface area (Å²) in [5.74, 6) is -4.84. The quantitative estimate of drug-likeness (QED) is 0.691. The van der Waals surface area contributed by atoms with Gasteiger partial charge < -0.3 is 15.0 Å². The first-order chi connectivity index (χ1) is 15.1. The van der Waals surface area contributed by atoms with E-state index in [0.29, 0.717) is 6.42 Å². The van der Waals surface area contributed by atoms with Gasteiger partial charge in [0.25, 0.3) is 11.8 Å². The third-order valence-electron chi connectivity index (χ3n) is 5.48. The monoisotopic (exact) mass is 444 g/mol. The van der Waals surface area contributed by atoms with E-state index in [4.69, 9.17) is 4.74 Å². The summed E-state index contributed by atoms with van der Waals surface area (Å²) in [6, 6.07) is 9.28. The van der Waals surface area contributed by atoms with Crippen LogP contribution in [0.3, 0.4) is 0 Å². The molecule has 0 saturated heterocycles. The molecule has 1 aliphatic heterocycles. The highest BCUT2D eigenvalue weighted by molar-refractivity contribution is 6.01. The minimum Gasteiger partial charge on any atom is -0.451 e. The molecule has 0 bridgehead atoms. The van der Waals surface area contributed by atoms with Gasteiger partial charge in [-0.2, -0.15) is 0 Å². The molecular weight excluding hydrogens is 418 g/mol. The third kappa shape index (κ3) is 4.64. The second-order valence-electron chi connectivity index (χ2n) is 8.26. The lowest BCUT2D eigenvalue weighted by atomic mass is 10.0. The summed E-state index contributed by atoms with van der Waals surface area (Å²) in [6.45, 7) is 6.67. The number of rotatable bonds is 6. The molecule has 2 unspecified atom stereocenters. The number of fused-ring (bicyclic) bond motifs is 1. The Bertz CT molecular complexity index is 1020. The van der Waals surface area contributed by atoms with Crippen LogP contribution in [0.5, 0.6) is 0 Å². The number of carbonyl (C=O) groups excluding carboxylic acids is 3. The Morgan fingerprint density at radius 3 is 2.28 bits per heavy atom. The second-order valence-corrected chi connectivity index (χ2v) is 8.26. The van der Waals surface area contributed by atoms with E-state index in [2.05, 4.69) is 5.32 Å². The molecule has 0 spiro atoms. The average Bonchev–Trinajstić information content (AvgIpc) is 3.06. The zero-order valence-electron chi connectivity index (χ0n) is 18.4. The fraction of sp³-hybridized carbons (Fsp3) is 0.375. The Morgan fingerprint density at radius 1 is 1.03 bits per heavy atom. The van der Waals surface area contributed by atoms with Crippen molar-refractivity contribution in [1.82, 2.24) is 5.32 Å². The van der Waals surface area contributed by atoms with Gasteiger partial charge in [0.2, 0.25) is 0 Å². The summed E-state index contributed by atoms with van der Waals surface area (Å²) >= 11 is 0. The SMILES string of the molecule is CC(OC(=O)[C@H](NC(=O)c1c(F)cccc1F)C(C)C)C(=O)N1c2ccccc2CC1C. The van der Waals surface area contributed by atoms with Crippen LogP contribution in [0.15, 0.2) is 42.5 Å². The predicted octanol–water partition coefficient (Wildman–Crippen LogP) is 3.63. The van der Waals surface area contributed by atoms with Crippen LogP contribution in [-0.2, 0) is 20.7 Å². The molecule has 0 fully saturated rings. The molecular formula is C24H26F2N2O4. The number of anilines is 1. The first-order valence-corrected chi connectivity index (χ1v) is 10.5. The summed E-state index contributed by atoms with van der Waals surface area (Å²) < 4.78 is 33.2. The number of benzene rings is 2. The Labute approximate surface area is 185 Å². The fourth-order valence-electron chi connectivity index (χ4n) is 3.82. The van der Waals surface area contributed by atoms with Gasteiger partial charge in [-0.05, 0) is 49.9 Å². The molecule has 0 saturated carbocycles. The minimum atomic E-state index is -1.19. The molecule has 1 N–H and O–H groups in total. The zero-order valence-corrected chi connectivity index (χ0v) is 18.4. The number of hydrogen-bond acceptors (Lipinski definition) is 4. The van der Waals surface area contributed by atoms with Crippen LogP contribution in [0.1, 0.15) is 43.6 Å². The van der Waals surface area contributed by atoms with E-state index >= 15 is 0 Å². The van der Waals surface area contributed by atoms with Gasteiger partial charge in [-0.1, -0.05) is 38.1 Å². The van der Waals surface area contributed by atoms with Crippen LogP contribution < -0.4 is 10.2 Å². The molecule has 6 nitrogen and oxygen atoms in total. The number of nitrogens with zero attached hydrogens (tertiary/aromatic N) is 1. The molecule has 0 radical (unpaired) electrons. The summed E-state index contributed by atoms with van der Waals surface area (Å²) in [5, 5.41) is 2.33. The number of para-hydroxylation sites is 1. The molecule has 1 aliphatic rings. The van der Waals surface area contributed by atoms with Crippen molar-refractivity contribution in [1.29, 1.82) is 0 Å². The van der Waals surface area contributed by atoms with Crippen molar-refractivity contribution >= 4 is 23.5 Å². The topological polar surface area (TPSA) is 75.7 Å². The summed E-state index contributed by atoms with van der Waals surface area (Å²) in [6.07, 6.45) is -0.416. The Hall–Kier alpha value is -3.29. The van der Waals surface area contributed by atoms with Crippen molar-refractivity contribution in [3.63, 3.8) is 0 Å². The summed E-state index contributed by atoms with van der Waals surface area (Å²) in [5.41, 5.74) is 1.03. The van der Waals surface area contributed by atoms with Crippen LogP contribution in [0, 0.1) is 17.6 Å². The number of nitrogens with one attached hydrogen (secondary N) is 1. The molecule has 0 aromatic heterocycles. The lowest BCUT2D eigenvalue weighted by Gasteiger charge is -2.28. The molecule has 8 heteroatoms. The molecule has 1 heterocycles.